The molecule has 3 rings (SSSR count). The lowest BCUT2D eigenvalue weighted by atomic mass is 9.87. The van der Waals surface area contributed by atoms with Crippen molar-refractivity contribution < 1.29 is 32.0 Å². The molecule has 0 unspecified atom stereocenters. The lowest BCUT2D eigenvalue weighted by Crippen LogP contribution is -2.42. The normalized spacial score (nSPS) is 16.1. The van der Waals surface area contributed by atoms with Crippen LogP contribution in [0, 0.1) is 0 Å². The zero-order chi connectivity index (χ0) is 24.6. The van der Waals surface area contributed by atoms with Crippen molar-refractivity contribution >= 4 is 39.5 Å². The van der Waals surface area contributed by atoms with Crippen LogP contribution in [0.3, 0.4) is 0 Å². The fourth-order valence-electron chi connectivity index (χ4n) is 2.95. The molecule has 0 bridgehead atoms. The van der Waals surface area contributed by atoms with Gasteiger partial charge in [-0.2, -0.15) is 8.42 Å². The summed E-state index contributed by atoms with van der Waals surface area (Å²) in [5, 5.41) is 2.84. The molecule has 0 saturated carbocycles. The number of rotatable bonds is 5. The second-order valence-corrected chi connectivity index (χ2v) is 11.4. The Labute approximate surface area is 197 Å². The smallest absolute Gasteiger partial charge is 0.350 e. The van der Waals surface area contributed by atoms with Gasteiger partial charge in [0.1, 0.15) is 0 Å². The molecule has 33 heavy (non-hydrogen) atoms. The SMILES string of the molecule is CC1(C)OC(=O)C(=CNc2ccc(S(=O)(=O)O)cc2Sc2ccc(C(C)(C)C)cc2)C(=O)O1. The first kappa shape index (κ1) is 24.8. The van der Waals surface area contributed by atoms with Gasteiger partial charge in [0.25, 0.3) is 15.9 Å². The highest BCUT2D eigenvalue weighted by Crippen LogP contribution is 2.36. The average molecular weight is 492 g/mol. The van der Waals surface area contributed by atoms with Crippen LogP contribution < -0.4 is 5.32 Å². The maximum Gasteiger partial charge on any atom is 0.350 e. The Morgan fingerprint density at radius 2 is 1.58 bits per heavy atom. The Morgan fingerprint density at radius 3 is 2.09 bits per heavy atom. The fourth-order valence-corrected chi connectivity index (χ4v) is 4.48. The van der Waals surface area contributed by atoms with Crippen molar-refractivity contribution in [3.05, 3.63) is 59.8 Å². The Bertz CT molecular complexity index is 1200. The molecule has 10 heteroatoms. The van der Waals surface area contributed by atoms with Gasteiger partial charge in [-0.15, -0.1) is 0 Å². The summed E-state index contributed by atoms with van der Waals surface area (Å²) in [4.78, 5) is 25.3. The minimum absolute atomic E-state index is 0.0231. The molecule has 0 aromatic heterocycles. The number of hydrogen-bond acceptors (Lipinski definition) is 8. The first-order valence-corrected chi connectivity index (χ1v) is 12.2. The molecule has 0 spiro atoms. The maximum absolute atomic E-state index is 12.2. The quantitative estimate of drug-likeness (QED) is 0.269. The van der Waals surface area contributed by atoms with Gasteiger partial charge in [-0.25, -0.2) is 9.59 Å². The number of ether oxygens (including phenoxy) is 2. The molecule has 2 aromatic carbocycles. The molecule has 0 aliphatic carbocycles. The van der Waals surface area contributed by atoms with Gasteiger partial charge in [-0.05, 0) is 41.3 Å². The van der Waals surface area contributed by atoms with Gasteiger partial charge >= 0.3 is 11.9 Å². The molecule has 0 amide bonds. The van der Waals surface area contributed by atoms with Crippen LogP contribution >= 0.6 is 11.8 Å². The summed E-state index contributed by atoms with van der Waals surface area (Å²) in [7, 11) is -4.43. The topological polar surface area (TPSA) is 119 Å². The number of carbonyl (C=O) groups excluding carboxylic acids is 2. The van der Waals surface area contributed by atoms with E-state index in [1.807, 2.05) is 24.3 Å². The number of nitrogens with one attached hydrogen (secondary N) is 1. The molecular weight excluding hydrogens is 466 g/mol. The van der Waals surface area contributed by atoms with Crippen LogP contribution in [-0.4, -0.2) is 30.7 Å². The molecule has 1 fully saturated rings. The van der Waals surface area contributed by atoms with Crippen LogP contribution in [0.1, 0.15) is 40.2 Å². The summed E-state index contributed by atoms with van der Waals surface area (Å²) in [6.45, 7) is 9.19. The van der Waals surface area contributed by atoms with Crippen LogP contribution in [0.4, 0.5) is 5.69 Å². The van der Waals surface area contributed by atoms with Crippen molar-refractivity contribution in [3.63, 3.8) is 0 Å². The predicted molar refractivity (Wildman–Crippen MR) is 123 cm³/mol. The predicted octanol–water partition coefficient (Wildman–Crippen LogP) is 4.51. The van der Waals surface area contributed by atoms with E-state index in [1.54, 1.807) is 0 Å². The van der Waals surface area contributed by atoms with Gasteiger partial charge in [0, 0.05) is 29.8 Å². The van der Waals surface area contributed by atoms with E-state index in [-0.39, 0.29) is 15.9 Å². The zero-order valence-corrected chi connectivity index (χ0v) is 20.5. The van der Waals surface area contributed by atoms with Gasteiger partial charge in [-0.1, -0.05) is 44.7 Å². The Hall–Kier alpha value is -2.82. The third-order valence-corrected chi connectivity index (χ3v) is 6.60. The second kappa shape index (κ2) is 8.85. The molecule has 176 valence electrons. The van der Waals surface area contributed by atoms with E-state index in [0.717, 1.165) is 16.7 Å². The molecule has 0 atom stereocenters. The first-order valence-electron chi connectivity index (χ1n) is 9.99. The monoisotopic (exact) mass is 491 g/mol. The molecule has 2 aromatic rings. The number of cyclic esters (lactones) is 2. The Kier molecular flexibility index (Phi) is 6.65. The van der Waals surface area contributed by atoms with E-state index in [2.05, 4.69) is 26.1 Å². The number of benzene rings is 2. The first-order chi connectivity index (χ1) is 15.2. The standard InChI is InChI=1S/C23H25NO7S2/c1-22(2,3)14-6-8-15(9-7-14)32-19-12-16(33(27,28)29)10-11-18(19)24-13-17-20(25)30-23(4,5)31-21(17)26/h6-13,24H,1-5H3,(H,27,28,29). The molecule has 1 heterocycles. The molecule has 0 radical (unpaired) electrons. The summed E-state index contributed by atoms with van der Waals surface area (Å²) in [5.41, 5.74) is 1.19. The highest BCUT2D eigenvalue weighted by Gasteiger charge is 2.39. The highest BCUT2D eigenvalue weighted by molar-refractivity contribution is 7.99. The van der Waals surface area contributed by atoms with E-state index in [9.17, 15) is 22.6 Å². The van der Waals surface area contributed by atoms with E-state index in [1.165, 1.54) is 43.8 Å². The molecule has 1 saturated heterocycles. The minimum Gasteiger partial charge on any atom is -0.419 e. The summed E-state index contributed by atoms with van der Waals surface area (Å²) in [6, 6.07) is 11.7. The summed E-state index contributed by atoms with van der Waals surface area (Å²) in [6.07, 6.45) is 1.15. The molecular formula is C23H25NO7S2. The van der Waals surface area contributed by atoms with E-state index in [4.69, 9.17) is 9.47 Å². The Balaban J connectivity index is 1.94. The maximum atomic E-state index is 12.2. The largest absolute Gasteiger partial charge is 0.419 e. The van der Waals surface area contributed by atoms with Gasteiger partial charge in [0.05, 0.1) is 10.6 Å². The van der Waals surface area contributed by atoms with Crippen molar-refractivity contribution in [2.45, 2.75) is 60.5 Å². The van der Waals surface area contributed by atoms with Gasteiger partial charge in [-0.3, -0.25) is 4.55 Å². The van der Waals surface area contributed by atoms with Gasteiger partial charge < -0.3 is 14.8 Å². The number of esters is 2. The number of carbonyl (C=O) groups is 2. The molecule has 2 N–H and O–H groups in total. The molecule has 1 aliphatic heterocycles. The van der Waals surface area contributed by atoms with Crippen LogP contribution in [0.15, 0.2) is 68.9 Å². The van der Waals surface area contributed by atoms with Crippen molar-refractivity contribution in [3.8, 4) is 0 Å². The lowest BCUT2D eigenvalue weighted by Gasteiger charge is -2.29. The van der Waals surface area contributed by atoms with E-state index < -0.39 is 27.8 Å². The van der Waals surface area contributed by atoms with Crippen molar-refractivity contribution in [1.82, 2.24) is 0 Å². The zero-order valence-electron chi connectivity index (χ0n) is 18.8. The Morgan fingerprint density at radius 1 is 1.00 bits per heavy atom. The van der Waals surface area contributed by atoms with Crippen LogP contribution in [-0.2, 0) is 34.6 Å². The van der Waals surface area contributed by atoms with E-state index in [0.29, 0.717) is 10.6 Å². The number of anilines is 1. The minimum atomic E-state index is -4.43. The fraction of sp³-hybridized carbons (Fsp3) is 0.304. The summed E-state index contributed by atoms with van der Waals surface area (Å²) < 4.78 is 42.9. The van der Waals surface area contributed by atoms with Crippen molar-refractivity contribution in [1.29, 1.82) is 0 Å². The summed E-state index contributed by atoms with van der Waals surface area (Å²) in [5.74, 6) is -3.04. The average Bonchev–Trinajstić information content (AvgIpc) is 2.66. The third-order valence-electron chi connectivity index (χ3n) is 4.69. The van der Waals surface area contributed by atoms with Gasteiger partial charge in [0.15, 0.2) is 5.57 Å². The highest BCUT2D eigenvalue weighted by atomic mass is 32.2. The number of hydrogen-bond donors (Lipinski definition) is 2. The lowest BCUT2D eigenvalue weighted by molar-refractivity contribution is -0.222. The van der Waals surface area contributed by atoms with Crippen LogP contribution in [0.25, 0.3) is 0 Å². The van der Waals surface area contributed by atoms with Crippen molar-refractivity contribution in [2.75, 3.05) is 5.32 Å². The molecule has 1 aliphatic rings. The summed E-state index contributed by atoms with van der Waals surface area (Å²) >= 11 is 1.25. The van der Waals surface area contributed by atoms with Crippen LogP contribution in [0.2, 0.25) is 0 Å². The third kappa shape index (κ3) is 6.16. The van der Waals surface area contributed by atoms with Gasteiger partial charge in [0.2, 0.25) is 0 Å². The van der Waals surface area contributed by atoms with E-state index >= 15 is 0 Å². The second-order valence-electron chi connectivity index (χ2n) is 8.89. The van der Waals surface area contributed by atoms with Crippen LogP contribution in [0.5, 0.6) is 0 Å². The van der Waals surface area contributed by atoms with Crippen molar-refractivity contribution in [2.24, 2.45) is 0 Å². The molecule has 8 nitrogen and oxygen atoms in total.